The Morgan fingerprint density at radius 1 is 0.429 bits per heavy atom. The van der Waals surface area contributed by atoms with Gasteiger partial charge in [-0.05, 0) is 58.1 Å². The fraction of sp³-hybridized carbons (Fsp3) is 0.0526. The van der Waals surface area contributed by atoms with Gasteiger partial charge in [-0.15, -0.1) is 0 Å². The molecule has 0 aromatic heterocycles. The van der Waals surface area contributed by atoms with Crippen molar-refractivity contribution in [2.75, 3.05) is 4.90 Å². The van der Waals surface area contributed by atoms with Crippen molar-refractivity contribution in [1.82, 2.24) is 0 Å². The Hall–Kier alpha value is -5.09. The van der Waals surface area contributed by atoms with E-state index in [0.717, 1.165) is 62.6 Å². The molecule has 204 valence electrons. The van der Waals surface area contributed by atoms with Gasteiger partial charge in [0.2, 0.25) is 0 Å². The molecule has 0 atom stereocenters. The second-order valence-electron chi connectivity index (χ2n) is 10.4. The summed E-state index contributed by atoms with van der Waals surface area (Å²) >= 11 is 0. The third kappa shape index (κ3) is 4.02. The molecule has 0 saturated heterocycles. The van der Waals surface area contributed by atoms with Crippen molar-refractivity contribution in [3.8, 4) is 11.1 Å². The molecule has 0 aliphatic carbocycles. The van der Waals surface area contributed by atoms with Gasteiger partial charge in [0.1, 0.15) is 0 Å². The predicted molar refractivity (Wildman–Crippen MR) is 163 cm³/mol. The van der Waals surface area contributed by atoms with Gasteiger partial charge in [-0.1, -0.05) is 127 Å². The number of rotatable bonds is 4. The molecule has 1 heterocycles. The summed E-state index contributed by atoms with van der Waals surface area (Å²) in [6.45, 7) is 0. The highest BCUT2D eigenvalue weighted by molar-refractivity contribution is 5.94. The smallest absolute Gasteiger partial charge is 0.309 e. The van der Waals surface area contributed by atoms with E-state index in [0.29, 0.717) is 0 Å². The Kier molecular flexibility index (Phi) is 6.20. The quantitative estimate of drug-likeness (QED) is 0.210. The number of alkyl halides is 3. The van der Waals surface area contributed by atoms with Crippen molar-refractivity contribution in [2.24, 2.45) is 0 Å². The molecule has 0 saturated carbocycles. The first-order valence-electron chi connectivity index (χ1n) is 13.9. The van der Waals surface area contributed by atoms with Gasteiger partial charge in [-0.25, -0.2) is 0 Å². The zero-order valence-corrected chi connectivity index (χ0v) is 22.6. The lowest BCUT2D eigenvalue weighted by Crippen LogP contribution is -2.37. The molecular formula is C38H26F3N. The molecule has 0 unspecified atom stereocenters. The number of para-hydroxylation sites is 3. The minimum Gasteiger partial charge on any atom is -0.309 e. The molecule has 7 rings (SSSR count). The lowest BCUT2D eigenvalue weighted by molar-refractivity contribution is -0.137. The van der Waals surface area contributed by atoms with Gasteiger partial charge < -0.3 is 4.90 Å². The number of hydrogen-bond donors (Lipinski definition) is 0. The van der Waals surface area contributed by atoms with Crippen molar-refractivity contribution < 1.29 is 13.2 Å². The molecule has 0 bridgehead atoms. The first kappa shape index (κ1) is 25.8. The van der Waals surface area contributed by atoms with Crippen molar-refractivity contribution in [3.05, 3.63) is 186 Å². The van der Waals surface area contributed by atoms with Crippen LogP contribution in [0, 0.1) is 0 Å². The molecule has 6 aromatic carbocycles. The van der Waals surface area contributed by atoms with E-state index in [2.05, 4.69) is 89.8 Å². The Morgan fingerprint density at radius 3 is 1.36 bits per heavy atom. The van der Waals surface area contributed by atoms with E-state index in [-0.39, 0.29) is 0 Å². The standard InChI is InChI=1S/C38H26F3N/c39-38(40,41)30-25-23-27(24-26-30)31-17-7-10-20-34(31)42-35-21-11-8-18-32(35)37(28-13-3-1-4-14-28,29-15-5-2-6-16-29)33-19-9-12-22-36(33)42/h1-26H. The number of nitrogens with zero attached hydrogens (tertiary/aromatic N) is 1. The number of halogens is 3. The van der Waals surface area contributed by atoms with Crippen LogP contribution in [-0.2, 0) is 11.6 Å². The third-order valence-electron chi connectivity index (χ3n) is 8.18. The molecule has 1 aliphatic heterocycles. The fourth-order valence-corrected chi connectivity index (χ4v) is 6.42. The summed E-state index contributed by atoms with van der Waals surface area (Å²) in [7, 11) is 0. The first-order valence-corrected chi connectivity index (χ1v) is 13.9. The Bertz CT molecular complexity index is 1770. The monoisotopic (exact) mass is 553 g/mol. The van der Waals surface area contributed by atoms with Gasteiger partial charge in [0, 0.05) is 5.56 Å². The molecule has 0 N–H and O–H groups in total. The van der Waals surface area contributed by atoms with Gasteiger partial charge in [0.25, 0.3) is 0 Å². The second kappa shape index (κ2) is 10.1. The molecule has 0 spiro atoms. The van der Waals surface area contributed by atoms with Gasteiger partial charge in [0.15, 0.2) is 0 Å². The summed E-state index contributed by atoms with van der Waals surface area (Å²) in [5.41, 5.74) is 7.82. The average molecular weight is 554 g/mol. The minimum absolute atomic E-state index is 0.588. The van der Waals surface area contributed by atoms with Crippen molar-refractivity contribution in [1.29, 1.82) is 0 Å². The molecule has 42 heavy (non-hydrogen) atoms. The molecule has 0 amide bonds. The summed E-state index contributed by atoms with van der Waals surface area (Å²) in [6, 6.07) is 51.4. The lowest BCUT2D eigenvalue weighted by Gasteiger charge is -2.46. The number of hydrogen-bond acceptors (Lipinski definition) is 1. The maximum absolute atomic E-state index is 13.4. The van der Waals surface area contributed by atoms with Crippen LogP contribution < -0.4 is 4.90 Å². The van der Waals surface area contributed by atoms with Gasteiger partial charge >= 0.3 is 6.18 Å². The van der Waals surface area contributed by atoms with Crippen LogP contribution in [0.2, 0.25) is 0 Å². The van der Waals surface area contributed by atoms with E-state index in [1.807, 2.05) is 48.5 Å². The van der Waals surface area contributed by atoms with E-state index >= 15 is 0 Å². The minimum atomic E-state index is -4.39. The Labute approximate surface area is 243 Å². The summed E-state index contributed by atoms with van der Waals surface area (Å²) in [5.74, 6) is 0. The van der Waals surface area contributed by atoms with Crippen LogP contribution in [0.15, 0.2) is 158 Å². The molecule has 1 aliphatic rings. The SMILES string of the molecule is FC(F)(F)c1ccc(-c2ccccc2N2c3ccccc3C(c3ccccc3)(c3ccccc3)c3ccccc32)cc1. The predicted octanol–water partition coefficient (Wildman–Crippen LogP) is 10.5. The van der Waals surface area contributed by atoms with E-state index in [9.17, 15) is 13.2 Å². The van der Waals surface area contributed by atoms with Crippen LogP contribution in [0.1, 0.15) is 27.8 Å². The van der Waals surface area contributed by atoms with Crippen LogP contribution in [-0.4, -0.2) is 0 Å². The molecular weight excluding hydrogens is 527 g/mol. The van der Waals surface area contributed by atoms with Gasteiger partial charge in [0.05, 0.1) is 28.0 Å². The van der Waals surface area contributed by atoms with Crippen LogP contribution >= 0.6 is 0 Å². The molecule has 6 aromatic rings. The number of fused-ring (bicyclic) bond motifs is 2. The van der Waals surface area contributed by atoms with E-state index < -0.39 is 17.2 Å². The average Bonchev–Trinajstić information content (AvgIpc) is 3.04. The maximum atomic E-state index is 13.4. The normalized spacial score (nSPS) is 13.7. The second-order valence-corrected chi connectivity index (χ2v) is 10.4. The van der Waals surface area contributed by atoms with Crippen molar-refractivity contribution in [2.45, 2.75) is 11.6 Å². The zero-order chi connectivity index (χ0) is 28.7. The molecule has 0 radical (unpaired) electrons. The topological polar surface area (TPSA) is 3.24 Å². The van der Waals surface area contributed by atoms with Crippen LogP contribution in [0.5, 0.6) is 0 Å². The van der Waals surface area contributed by atoms with Crippen LogP contribution in [0.25, 0.3) is 11.1 Å². The maximum Gasteiger partial charge on any atom is 0.416 e. The summed E-state index contributed by atoms with van der Waals surface area (Å²) in [4.78, 5) is 2.25. The van der Waals surface area contributed by atoms with Crippen molar-refractivity contribution >= 4 is 17.1 Å². The molecule has 0 fully saturated rings. The zero-order valence-electron chi connectivity index (χ0n) is 22.6. The third-order valence-corrected chi connectivity index (χ3v) is 8.18. The summed E-state index contributed by atoms with van der Waals surface area (Å²) < 4.78 is 40.1. The Morgan fingerprint density at radius 2 is 0.857 bits per heavy atom. The lowest BCUT2D eigenvalue weighted by atomic mass is 9.62. The highest BCUT2D eigenvalue weighted by atomic mass is 19.4. The van der Waals surface area contributed by atoms with Crippen LogP contribution in [0.4, 0.5) is 30.2 Å². The molecule has 1 nitrogen and oxygen atoms in total. The van der Waals surface area contributed by atoms with E-state index in [4.69, 9.17) is 0 Å². The van der Waals surface area contributed by atoms with Gasteiger partial charge in [-0.2, -0.15) is 13.2 Å². The highest BCUT2D eigenvalue weighted by Crippen LogP contribution is 2.58. The molecule has 4 heteroatoms. The first-order chi connectivity index (χ1) is 20.5. The van der Waals surface area contributed by atoms with Gasteiger partial charge in [-0.3, -0.25) is 0 Å². The number of benzene rings is 6. The summed E-state index contributed by atoms with van der Waals surface area (Å²) in [5, 5.41) is 0. The van der Waals surface area contributed by atoms with Crippen LogP contribution in [0.3, 0.4) is 0 Å². The fourth-order valence-electron chi connectivity index (χ4n) is 6.42. The van der Waals surface area contributed by atoms with E-state index in [1.165, 1.54) is 0 Å². The number of anilines is 3. The highest BCUT2D eigenvalue weighted by Gasteiger charge is 2.46. The Balaban J connectivity index is 1.52. The largest absolute Gasteiger partial charge is 0.416 e. The van der Waals surface area contributed by atoms with Crippen molar-refractivity contribution in [3.63, 3.8) is 0 Å². The van der Waals surface area contributed by atoms with E-state index in [1.54, 1.807) is 12.1 Å². The summed E-state index contributed by atoms with van der Waals surface area (Å²) in [6.07, 6.45) is -4.39.